The van der Waals surface area contributed by atoms with E-state index in [4.69, 9.17) is 5.73 Å². The third kappa shape index (κ3) is 3.29. The van der Waals surface area contributed by atoms with Gasteiger partial charge in [-0.05, 0) is 37.6 Å². The average molecular weight is 247 g/mol. The van der Waals surface area contributed by atoms with Gasteiger partial charge >= 0.3 is 0 Å². The summed E-state index contributed by atoms with van der Waals surface area (Å²) < 4.78 is 0. The topological polar surface area (TPSA) is 59.2 Å². The first-order chi connectivity index (χ1) is 8.69. The van der Waals surface area contributed by atoms with Gasteiger partial charge in [0.2, 0.25) is 0 Å². The Morgan fingerprint density at radius 3 is 2.72 bits per heavy atom. The minimum atomic E-state index is 0.288. The highest BCUT2D eigenvalue weighted by Gasteiger charge is 2.23. The second-order valence-electron chi connectivity index (χ2n) is 4.96. The molecule has 0 amide bonds. The van der Waals surface area contributed by atoms with E-state index in [1.54, 1.807) is 0 Å². The molecule has 0 radical (unpaired) electrons. The lowest BCUT2D eigenvalue weighted by Crippen LogP contribution is -2.35. The quantitative estimate of drug-likeness (QED) is 0.882. The van der Waals surface area contributed by atoms with Crippen LogP contribution in [0.2, 0.25) is 0 Å². The van der Waals surface area contributed by atoms with Crippen LogP contribution in [0.15, 0.2) is 18.3 Å². The monoisotopic (exact) mass is 247 g/mol. The molecule has 4 heteroatoms. The summed E-state index contributed by atoms with van der Waals surface area (Å²) in [6, 6.07) is 3.86. The molecule has 2 heterocycles. The lowest BCUT2D eigenvalue weighted by atomic mass is 9.91. The van der Waals surface area contributed by atoms with E-state index in [0.29, 0.717) is 18.0 Å². The highest BCUT2D eigenvalue weighted by Crippen LogP contribution is 2.20. The fourth-order valence-electron chi connectivity index (χ4n) is 2.49. The van der Waals surface area contributed by atoms with Crippen molar-refractivity contribution in [1.29, 1.82) is 0 Å². The van der Waals surface area contributed by atoms with Crippen molar-refractivity contribution < 1.29 is 4.79 Å². The number of carbonyl (C=O) groups excluding carboxylic acids is 1. The number of anilines is 1. The number of hydrogen-bond acceptors (Lipinski definition) is 4. The molecule has 1 aromatic heterocycles. The number of rotatable bonds is 4. The second-order valence-corrected chi connectivity index (χ2v) is 4.96. The largest absolute Gasteiger partial charge is 0.384 e. The molecular formula is C14H21N3O. The van der Waals surface area contributed by atoms with Gasteiger partial charge < -0.3 is 5.73 Å². The Hall–Kier alpha value is -1.42. The van der Waals surface area contributed by atoms with Gasteiger partial charge in [-0.1, -0.05) is 13.0 Å². The number of nitrogen functional groups attached to an aromatic ring is 1. The fourth-order valence-corrected chi connectivity index (χ4v) is 2.49. The molecule has 0 bridgehead atoms. The van der Waals surface area contributed by atoms with Crippen LogP contribution in [0.4, 0.5) is 5.82 Å². The SMILES string of the molecule is CCC(=O)C1CCN(Cc2ccc(N)nc2)CC1. The minimum absolute atomic E-state index is 0.288. The fraction of sp³-hybridized carbons (Fsp3) is 0.571. The third-order valence-corrected chi connectivity index (χ3v) is 3.65. The van der Waals surface area contributed by atoms with Gasteiger partial charge in [0.15, 0.2) is 0 Å². The molecule has 0 saturated carbocycles. The van der Waals surface area contributed by atoms with Crippen molar-refractivity contribution in [3.05, 3.63) is 23.9 Å². The molecule has 18 heavy (non-hydrogen) atoms. The number of likely N-dealkylation sites (tertiary alicyclic amines) is 1. The van der Waals surface area contributed by atoms with Crippen LogP contribution in [0.25, 0.3) is 0 Å². The lowest BCUT2D eigenvalue weighted by molar-refractivity contribution is -0.124. The smallest absolute Gasteiger partial charge is 0.135 e. The molecule has 1 fully saturated rings. The first-order valence-electron chi connectivity index (χ1n) is 6.64. The number of aromatic nitrogens is 1. The highest BCUT2D eigenvalue weighted by atomic mass is 16.1. The maximum absolute atomic E-state index is 11.6. The van der Waals surface area contributed by atoms with Gasteiger partial charge in [-0.2, -0.15) is 0 Å². The minimum Gasteiger partial charge on any atom is -0.384 e. The Balaban J connectivity index is 1.83. The van der Waals surface area contributed by atoms with Gasteiger partial charge in [-0.15, -0.1) is 0 Å². The molecule has 0 aromatic carbocycles. The van der Waals surface area contributed by atoms with Gasteiger partial charge in [0, 0.05) is 25.1 Å². The zero-order valence-electron chi connectivity index (χ0n) is 10.9. The van der Waals surface area contributed by atoms with Gasteiger partial charge in [-0.3, -0.25) is 9.69 Å². The number of nitrogens with two attached hydrogens (primary N) is 1. The van der Waals surface area contributed by atoms with Gasteiger partial charge in [0.1, 0.15) is 11.6 Å². The summed E-state index contributed by atoms with van der Waals surface area (Å²) in [5.74, 6) is 1.27. The van der Waals surface area contributed by atoms with Crippen LogP contribution in [0, 0.1) is 5.92 Å². The van der Waals surface area contributed by atoms with Crippen molar-refractivity contribution in [2.75, 3.05) is 18.8 Å². The summed E-state index contributed by atoms with van der Waals surface area (Å²) in [5.41, 5.74) is 6.75. The molecule has 2 N–H and O–H groups in total. The lowest BCUT2D eigenvalue weighted by Gasteiger charge is -2.31. The summed E-state index contributed by atoms with van der Waals surface area (Å²) in [5, 5.41) is 0. The van der Waals surface area contributed by atoms with Crippen LogP contribution in [0.1, 0.15) is 31.7 Å². The Kier molecular flexibility index (Phi) is 4.31. The van der Waals surface area contributed by atoms with Crippen molar-refractivity contribution >= 4 is 11.6 Å². The molecule has 0 unspecified atom stereocenters. The first kappa shape index (κ1) is 13.0. The number of carbonyl (C=O) groups is 1. The average Bonchev–Trinajstić information content (AvgIpc) is 2.41. The van der Waals surface area contributed by atoms with Crippen molar-refractivity contribution in [2.45, 2.75) is 32.7 Å². The number of ketones is 1. The molecule has 1 aromatic rings. The maximum Gasteiger partial charge on any atom is 0.135 e. The van der Waals surface area contributed by atoms with E-state index in [0.717, 1.165) is 32.5 Å². The Morgan fingerprint density at radius 2 is 2.17 bits per heavy atom. The summed E-state index contributed by atoms with van der Waals surface area (Å²) in [7, 11) is 0. The zero-order valence-corrected chi connectivity index (χ0v) is 10.9. The van der Waals surface area contributed by atoms with Gasteiger partial charge in [0.25, 0.3) is 0 Å². The molecular weight excluding hydrogens is 226 g/mol. The summed E-state index contributed by atoms with van der Waals surface area (Å²) in [6.07, 6.45) is 4.50. The van der Waals surface area contributed by atoms with Crippen LogP contribution in [-0.4, -0.2) is 28.8 Å². The molecule has 0 aliphatic carbocycles. The normalized spacial score (nSPS) is 17.8. The predicted molar refractivity (Wildman–Crippen MR) is 71.9 cm³/mol. The number of hydrogen-bond donors (Lipinski definition) is 1. The standard InChI is InChI=1S/C14H21N3O/c1-2-13(18)12-5-7-17(8-6-12)10-11-3-4-14(15)16-9-11/h3-4,9,12H,2,5-8,10H2,1H3,(H2,15,16). The van der Waals surface area contributed by atoms with E-state index in [2.05, 4.69) is 9.88 Å². The predicted octanol–water partition coefficient (Wildman–Crippen LogP) is 1.85. The Labute approximate surface area is 108 Å². The van der Waals surface area contributed by atoms with Crippen molar-refractivity contribution in [2.24, 2.45) is 5.92 Å². The van der Waals surface area contributed by atoms with Crippen LogP contribution in [-0.2, 0) is 11.3 Å². The number of nitrogens with zero attached hydrogens (tertiary/aromatic N) is 2. The van der Waals surface area contributed by atoms with Crippen molar-refractivity contribution in [3.8, 4) is 0 Å². The van der Waals surface area contributed by atoms with Crippen LogP contribution < -0.4 is 5.73 Å². The molecule has 0 spiro atoms. The number of piperidine rings is 1. The molecule has 1 saturated heterocycles. The van der Waals surface area contributed by atoms with Gasteiger partial charge in [0.05, 0.1) is 0 Å². The molecule has 0 atom stereocenters. The van der Waals surface area contributed by atoms with E-state index < -0.39 is 0 Å². The van der Waals surface area contributed by atoms with E-state index in [-0.39, 0.29) is 5.92 Å². The van der Waals surface area contributed by atoms with Crippen LogP contribution >= 0.6 is 0 Å². The second kappa shape index (κ2) is 5.96. The molecule has 1 aliphatic rings. The van der Waals surface area contributed by atoms with E-state index in [1.165, 1.54) is 5.56 Å². The highest BCUT2D eigenvalue weighted by molar-refractivity contribution is 5.80. The molecule has 4 nitrogen and oxygen atoms in total. The first-order valence-corrected chi connectivity index (χ1v) is 6.64. The Bertz CT molecular complexity index is 394. The van der Waals surface area contributed by atoms with E-state index in [1.807, 2.05) is 25.3 Å². The van der Waals surface area contributed by atoms with Crippen molar-refractivity contribution in [1.82, 2.24) is 9.88 Å². The summed E-state index contributed by atoms with van der Waals surface area (Å²) >= 11 is 0. The Morgan fingerprint density at radius 1 is 1.44 bits per heavy atom. The van der Waals surface area contributed by atoms with Gasteiger partial charge in [-0.25, -0.2) is 4.98 Å². The summed E-state index contributed by atoms with van der Waals surface area (Å²) in [6.45, 7) is 4.86. The van der Waals surface area contributed by atoms with E-state index >= 15 is 0 Å². The van der Waals surface area contributed by atoms with E-state index in [9.17, 15) is 4.79 Å². The number of pyridine rings is 1. The number of Topliss-reactive ketones (excluding diaryl/α,β-unsaturated/α-hetero) is 1. The molecule has 1 aliphatic heterocycles. The van der Waals surface area contributed by atoms with Crippen LogP contribution in [0.3, 0.4) is 0 Å². The zero-order chi connectivity index (χ0) is 13.0. The third-order valence-electron chi connectivity index (χ3n) is 3.65. The summed E-state index contributed by atoms with van der Waals surface area (Å²) in [4.78, 5) is 18.1. The van der Waals surface area contributed by atoms with Crippen molar-refractivity contribution in [3.63, 3.8) is 0 Å². The molecule has 2 rings (SSSR count). The maximum atomic E-state index is 11.6. The molecule has 98 valence electrons. The van der Waals surface area contributed by atoms with Crippen LogP contribution in [0.5, 0.6) is 0 Å².